The number of hydrogen-bond donors (Lipinski definition) is 1. The number of aliphatic hydroxyl groups excluding tert-OH is 1. The van der Waals surface area contributed by atoms with Crippen molar-refractivity contribution in [3.8, 4) is 11.8 Å². The standard InChI is InChI=1S/C14H16FNO3/c1-18-12-4-3-10(7-11(12)15)13(17)14(8-16)5-2-6-19-9-14/h3-4,7,13,17H,2,5-6,9H2,1H3. The maximum atomic E-state index is 13.7. The Morgan fingerprint density at radius 1 is 1.58 bits per heavy atom. The largest absolute Gasteiger partial charge is 0.494 e. The fraction of sp³-hybridized carbons (Fsp3) is 0.500. The van der Waals surface area contributed by atoms with E-state index in [1.54, 1.807) is 6.07 Å². The minimum absolute atomic E-state index is 0.113. The van der Waals surface area contributed by atoms with Gasteiger partial charge in [0.2, 0.25) is 0 Å². The summed E-state index contributed by atoms with van der Waals surface area (Å²) in [6, 6.07) is 6.36. The summed E-state index contributed by atoms with van der Waals surface area (Å²) in [6.07, 6.45) is 0.180. The Hall–Kier alpha value is -1.64. The molecule has 1 fully saturated rings. The molecule has 1 heterocycles. The summed E-state index contributed by atoms with van der Waals surface area (Å²) in [7, 11) is 1.38. The first-order valence-corrected chi connectivity index (χ1v) is 6.13. The van der Waals surface area contributed by atoms with Gasteiger partial charge in [0, 0.05) is 6.61 Å². The molecule has 1 aliphatic rings. The second kappa shape index (κ2) is 5.55. The van der Waals surface area contributed by atoms with Gasteiger partial charge in [-0.15, -0.1) is 0 Å². The Balaban J connectivity index is 2.30. The van der Waals surface area contributed by atoms with E-state index in [1.807, 2.05) is 0 Å². The average Bonchev–Trinajstić information content (AvgIpc) is 2.47. The molecule has 0 spiro atoms. The average molecular weight is 265 g/mol. The molecule has 5 heteroatoms. The monoisotopic (exact) mass is 265 g/mol. The van der Waals surface area contributed by atoms with E-state index in [9.17, 15) is 14.8 Å². The van der Waals surface area contributed by atoms with Crippen LogP contribution >= 0.6 is 0 Å². The van der Waals surface area contributed by atoms with Gasteiger partial charge in [-0.05, 0) is 30.5 Å². The van der Waals surface area contributed by atoms with E-state index in [0.29, 0.717) is 25.0 Å². The van der Waals surface area contributed by atoms with Gasteiger partial charge in [0.1, 0.15) is 5.41 Å². The Labute approximate surface area is 111 Å². The van der Waals surface area contributed by atoms with Gasteiger partial charge in [-0.25, -0.2) is 4.39 Å². The van der Waals surface area contributed by atoms with Crippen molar-refractivity contribution in [2.75, 3.05) is 20.3 Å². The Morgan fingerprint density at radius 2 is 2.37 bits per heavy atom. The summed E-state index contributed by atoms with van der Waals surface area (Å²) >= 11 is 0. The third-order valence-corrected chi connectivity index (χ3v) is 3.51. The molecule has 1 saturated heterocycles. The van der Waals surface area contributed by atoms with Crippen LogP contribution in [0.4, 0.5) is 4.39 Å². The minimum atomic E-state index is -1.07. The third kappa shape index (κ3) is 2.55. The van der Waals surface area contributed by atoms with E-state index in [-0.39, 0.29) is 12.4 Å². The number of benzene rings is 1. The lowest BCUT2D eigenvalue weighted by molar-refractivity contribution is -0.0506. The second-order valence-electron chi connectivity index (χ2n) is 4.72. The number of aliphatic hydroxyl groups is 1. The predicted octanol–water partition coefficient (Wildman–Crippen LogP) is 2.19. The van der Waals surface area contributed by atoms with Crippen molar-refractivity contribution in [2.24, 2.45) is 5.41 Å². The molecule has 0 radical (unpaired) electrons. The highest BCUT2D eigenvalue weighted by molar-refractivity contribution is 5.32. The van der Waals surface area contributed by atoms with Crippen LogP contribution in [-0.4, -0.2) is 25.4 Å². The Bertz CT molecular complexity index is 492. The van der Waals surface area contributed by atoms with E-state index in [4.69, 9.17) is 9.47 Å². The molecule has 4 nitrogen and oxygen atoms in total. The molecule has 102 valence electrons. The van der Waals surface area contributed by atoms with Crippen LogP contribution < -0.4 is 4.74 Å². The molecule has 1 aromatic rings. The van der Waals surface area contributed by atoms with Crippen LogP contribution in [0.5, 0.6) is 5.75 Å². The molecule has 0 amide bonds. The molecule has 0 aromatic heterocycles. The van der Waals surface area contributed by atoms with Crippen molar-refractivity contribution in [1.29, 1.82) is 5.26 Å². The van der Waals surface area contributed by atoms with Crippen molar-refractivity contribution in [3.05, 3.63) is 29.6 Å². The van der Waals surface area contributed by atoms with Crippen LogP contribution in [0.25, 0.3) is 0 Å². The number of methoxy groups -OCH3 is 1. The molecular weight excluding hydrogens is 249 g/mol. The quantitative estimate of drug-likeness (QED) is 0.910. The molecule has 0 bridgehead atoms. The Kier molecular flexibility index (Phi) is 4.03. The van der Waals surface area contributed by atoms with Crippen molar-refractivity contribution < 1.29 is 19.0 Å². The van der Waals surface area contributed by atoms with Gasteiger partial charge in [0.05, 0.1) is 25.9 Å². The van der Waals surface area contributed by atoms with E-state index in [2.05, 4.69) is 6.07 Å². The van der Waals surface area contributed by atoms with Crippen LogP contribution in [0.1, 0.15) is 24.5 Å². The zero-order valence-electron chi connectivity index (χ0n) is 10.7. The fourth-order valence-corrected chi connectivity index (χ4v) is 2.35. The Morgan fingerprint density at radius 3 is 2.89 bits per heavy atom. The van der Waals surface area contributed by atoms with Gasteiger partial charge < -0.3 is 14.6 Å². The maximum Gasteiger partial charge on any atom is 0.165 e. The summed E-state index contributed by atoms with van der Waals surface area (Å²) in [5.74, 6) is -0.439. The van der Waals surface area contributed by atoms with Crippen molar-refractivity contribution in [2.45, 2.75) is 18.9 Å². The summed E-state index contributed by atoms with van der Waals surface area (Å²) < 4.78 is 23.8. The van der Waals surface area contributed by atoms with E-state index in [0.717, 1.165) is 0 Å². The maximum absolute atomic E-state index is 13.7. The van der Waals surface area contributed by atoms with E-state index < -0.39 is 17.3 Å². The second-order valence-corrected chi connectivity index (χ2v) is 4.72. The van der Waals surface area contributed by atoms with Crippen molar-refractivity contribution >= 4 is 0 Å². The first kappa shape index (κ1) is 13.8. The van der Waals surface area contributed by atoms with Gasteiger partial charge in [0.15, 0.2) is 11.6 Å². The number of rotatable bonds is 3. The molecule has 2 unspecified atom stereocenters. The first-order chi connectivity index (χ1) is 9.13. The molecule has 2 atom stereocenters. The van der Waals surface area contributed by atoms with Gasteiger partial charge in [0.25, 0.3) is 0 Å². The highest BCUT2D eigenvalue weighted by atomic mass is 19.1. The van der Waals surface area contributed by atoms with E-state index in [1.165, 1.54) is 19.2 Å². The lowest BCUT2D eigenvalue weighted by atomic mass is 9.76. The molecule has 1 aromatic carbocycles. The molecule has 0 aliphatic carbocycles. The highest BCUT2D eigenvalue weighted by Gasteiger charge is 2.41. The zero-order valence-corrected chi connectivity index (χ0v) is 10.7. The molecule has 19 heavy (non-hydrogen) atoms. The van der Waals surface area contributed by atoms with Gasteiger partial charge in [-0.3, -0.25) is 0 Å². The molecule has 1 N–H and O–H groups in total. The molecule has 2 rings (SSSR count). The minimum Gasteiger partial charge on any atom is -0.494 e. The lowest BCUT2D eigenvalue weighted by Crippen LogP contribution is -2.36. The van der Waals surface area contributed by atoms with Crippen LogP contribution in [0.3, 0.4) is 0 Å². The summed E-state index contributed by atoms with van der Waals surface area (Å²) in [4.78, 5) is 0. The van der Waals surface area contributed by atoms with E-state index >= 15 is 0 Å². The molecule has 0 saturated carbocycles. The number of nitriles is 1. The van der Waals surface area contributed by atoms with Gasteiger partial charge in [-0.2, -0.15) is 5.26 Å². The highest BCUT2D eigenvalue weighted by Crippen LogP contribution is 2.41. The van der Waals surface area contributed by atoms with Crippen LogP contribution in [0.2, 0.25) is 0 Å². The van der Waals surface area contributed by atoms with Crippen LogP contribution in [0.15, 0.2) is 18.2 Å². The summed E-state index contributed by atoms with van der Waals surface area (Å²) in [5.41, 5.74) is -0.635. The van der Waals surface area contributed by atoms with Gasteiger partial charge >= 0.3 is 0 Å². The number of halogens is 1. The lowest BCUT2D eigenvalue weighted by Gasteiger charge is -2.35. The van der Waals surface area contributed by atoms with Crippen molar-refractivity contribution in [1.82, 2.24) is 0 Å². The smallest absolute Gasteiger partial charge is 0.165 e. The fourth-order valence-electron chi connectivity index (χ4n) is 2.35. The third-order valence-electron chi connectivity index (χ3n) is 3.51. The first-order valence-electron chi connectivity index (χ1n) is 6.13. The van der Waals surface area contributed by atoms with Crippen LogP contribution in [0, 0.1) is 22.6 Å². The van der Waals surface area contributed by atoms with Crippen LogP contribution in [-0.2, 0) is 4.74 Å². The number of ether oxygens (including phenoxy) is 2. The predicted molar refractivity (Wildman–Crippen MR) is 66.0 cm³/mol. The topological polar surface area (TPSA) is 62.5 Å². The summed E-state index contributed by atoms with van der Waals surface area (Å²) in [5, 5.41) is 19.7. The normalized spacial score (nSPS) is 24.5. The zero-order chi connectivity index (χ0) is 13.9. The molecule has 1 aliphatic heterocycles. The number of nitrogens with zero attached hydrogens (tertiary/aromatic N) is 1. The molecular formula is C14H16FNO3. The van der Waals surface area contributed by atoms with Gasteiger partial charge in [-0.1, -0.05) is 6.07 Å². The SMILES string of the molecule is COc1ccc(C(O)C2(C#N)CCCOC2)cc1F. The summed E-state index contributed by atoms with van der Waals surface area (Å²) in [6.45, 7) is 0.755. The number of hydrogen-bond acceptors (Lipinski definition) is 4. The van der Waals surface area contributed by atoms with Crippen molar-refractivity contribution in [3.63, 3.8) is 0 Å².